The SMILES string of the molecule is CSCC[C@@H](C(=O)Nc1ccc2c(c1)n(C)c(=O)n2C)n1c(=O)[nH]c2ccccc2c1=O. The molecule has 0 saturated heterocycles. The van der Waals surface area contributed by atoms with Gasteiger partial charge in [-0.25, -0.2) is 14.2 Å². The Bertz CT molecular complexity index is 1510. The molecular formula is C22H23N5O4S. The Balaban J connectivity index is 1.76. The topological polar surface area (TPSA) is 111 Å². The Labute approximate surface area is 186 Å². The van der Waals surface area contributed by atoms with Crippen LogP contribution in [0.25, 0.3) is 21.9 Å². The maximum atomic E-state index is 13.2. The molecule has 0 fully saturated rings. The molecule has 0 spiro atoms. The molecule has 0 aliphatic carbocycles. The van der Waals surface area contributed by atoms with Gasteiger partial charge in [0.1, 0.15) is 6.04 Å². The number of imidazole rings is 1. The maximum absolute atomic E-state index is 13.2. The summed E-state index contributed by atoms with van der Waals surface area (Å²) in [6, 6.07) is 10.9. The van der Waals surface area contributed by atoms with Gasteiger partial charge in [0.25, 0.3) is 5.56 Å². The van der Waals surface area contributed by atoms with Crippen molar-refractivity contribution in [3.63, 3.8) is 0 Å². The molecule has 4 aromatic rings. The molecule has 166 valence electrons. The number of aromatic nitrogens is 4. The van der Waals surface area contributed by atoms with Crippen LogP contribution in [0.3, 0.4) is 0 Å². The first-order chi connectivity index (χ1) is 15.3. The minimum atomic E-state index is -0.987. The van der Waals surface area contributed by atoms with Gasteiger partial charge in [0, 0.05) is 19.8 Å². The molecular weight excluding hydrogens is 430 g/mol. The summed E-state index contributed by atoms with van der Waals surface area (Å²) in [5.74, 6) is 0.116. The zero-order valence-electron chi connectivity index (χ0n) is 17.9. The van der Waals surface area contributed by atoms with Gasteiger partial charge in [0.2, 0.25) is 5.91 Å². The van der Waals surface area contributed by atoms with Crippen molar-refractivity contribution >= 4 is 45.3 Å². The zero-order valence-corrected chi connectivity index (χ0v) is 18.7. The van der Waals surface area contributed by atoms with E-state index in [1.165, 1.54) is 20.9 Å². The highest BCUT2D eigenvalue weighted by Gasteiger charge is 2.25. The molecule has 2 N–H and O–H groups in total. The summed E-state index contributed by atoms with van der Waals surface area (Å²) in [7, 11) is 3.34. The van der Waals surface area contributed by atoms with Crippen molar-refractivity contribution < 1.29 is 4.79 Å². The van der Waals surface area contributed by atoms with Crippen LogP contribution in [0.1, 0.15) is 12.5 Å². The molecule has 0 unspecified atom stereocenters. The molecule has 10 heteroatoms. The number of anilines is 1. The van der Waals surface area contributed by atoms with Gasteiger partial charge in [-0.15, -0.1) is 0 Å². The number of hydrogen-bond acceptors (Lipinski definition) is 5. The van der Waals surface area contributed by atoms with Crippen molar-refractivity contribution in [3.05, 3.63) is 73.8 Å². The molecule has 0 aliphatic heterocycles. The fourth-order valence-electron chi connectivity index (χ4n) is 3.88. The number of amides is 1. The number of thioether (sulfide) groups is 1. The van der Waals surface area contributed by atoms with Crippen molar-refractivity contribution in [1.82, 2.24) is 18.7 Å². The van der Waals surface area contributed by atoms with Crippen LogP contribution in [0.15, 0.2) is 56.8 Å². The number of H-pyrrole nitrogens is 1. The standard InChI is InChI=1S/C22H23N5O4S/c1-25-16-9-8-13(12-18(16)26(2)22(25)31)23-19(28)17(10-11-32-3)27-20(29)14-6-4-5-7-15(14)24-21(27)30/h4-9,12,17H,10-11H2,1-3H3,(H,23,28)(H,24,30)/t17-/m0/s1. The van der Waals surface area contributed by atoms with Crippen molar-refractivity contribution in [2.75, 3.05) is 17.3 Å². The smallest absolute Gasteiger partial charge is 0.324 e. The molecule has 0 saturated carbocycles. The highest BCUT2D eigenvalue weighted by atomic mass is 32.2. The van der Waals surface area contributed by atoms with Gasteiger partial charge < -0.3 is 10.3 Å². The van der Waals surface area contributed by atoms with Gasteiger partial charge in [-0.05, 0) is 48.8 Å². The second-order valence-electron chi connectivity index (χ2n) is 7.54. The predicted molar refractivity (Wildman–Crippen MR) is 128 cm³/mol. The van der Waals surface area contributed by atoms with Gasteiger partial charge in [0.05, 0.1) is 21.9 Å². The monoisotopic (exact) mass is 453 g/mol. The van der Waals surface area contributed by atoms with Crippen molar-refractivity contribution in [1.29, 1.82) is 0 Å². The lowest BCUT2D eigenvalue weighted by molar-refractivity contribution is -0.119. The van der Waals surface area contributed by atoms with Gasteiger partial charge in [-0.3, -0.25) is 18.7 Å². The van der Waals surface area contributed by atoms with Gasteiger partial charge >= 0.3 is 11.4 Å². The number of hydrogen-bond donors (Lipinski definition) is 2. The predicted octanol–water partition coefficient (Wildman–Crippen LogP) is 1.81. The minimum absolute atomic E-state index is 0.171. The number of nitrogens with one attached hydrogen (secondary N) is 2. The molecule has 2 heterocycles. The van der Waals surface area contributed by atoms with E-state index in [1.807, 2.05) is 6.26 Å². The normalized spacial score (nSPS) is 12.3. The van der Waals surface area contributed by atoms with E-state index in [0.717, 1.165) is 10.1 Å². The molecule has 2 aromatic carbocycles. The van der Waals surface area contributed by atoms with Crippen LogP contribution < -0.4 is 22.3 Å². The number of carbonyl (C=O) groups is 1. The summed E-state index contributed by atoms with van der Waals surface area (Å²) in [6.07, 6.45) is 2.20. The van der Waals surface area contributed by atoms with E-state index >= 15 is 0 Å². The van der Waals surface area contributed by atoms with Crippen molar-refractivity contribution in [2.45, 2.75) is 12.5 Å². The Morgan fingerprint density at radius 2 is 1.78 bits per heavy atom. The number of aromatic amines is 1. The fourth-order valence-corrected chi connectivity index (χ4v) is 4.34. The second kappa shape index (κ2) is 8.54. The van der Waals surface area contributed by atoms with E-state index in [1.54, 1.807) is 56.6 Å². The second-order valence-corrected chi connectivity index (χ2v) is 8.53. The number of fused-ring (bicyclic) bond motifs is 2. The van der Waals surface area contributed by atoms with Crippen LogP contribution in [-0.2, 0) is 18.9 Å². The number of carbonyl (C=O) groups excluding carboxylic acids is 1. The van der Waals surface area contributed by atoms with Gasteiger partial charge in [-0.1, -0.05) is 12.1 Å². The summed E-state index contributed by atoms with van der Waals surface area (Å²) in [4.78, 5) is 54.0. The Kier molecular flexibility index (Phi) is 5.79. The summed E-state index contributed by atoms with van der Waals surface area (Å²) in [5.41, 5.74) is 0.993. The minimum Gasteiger partial charge on any atom is -0.324 e. The van der Waals surface area contributed by atoms with Crippen LogP contribution in [0.2, 0.25) is 0 Å². The largest absolute Gasteiger partial charge is 0.329 e. The van der Waals surface area contributed by atoms with Crippen LogP contribution >= 0.6 is 11.8 Å². The van der Waals surface area contributed by atoms with Gasteiger partial charge in [-0.2, -0.15) is 11.8 Å². The zero-order chi connectivity index (χ0) is 23.0. The quantitative estimate of drug-likeness (QED) is 0.463. The summed E-state index contributed by atoms with van der Waals surface area (Å²) < 4.78 is 4.01. The number of benzene rings is 2. The summed E-state index contributed by atoms with van der Waals surface area (Å²) in [5, 5.41) is 3.16. The van der Waals surface area contributed by atoms with E-state index < -0.39 is 23.2 Å². The number of aryl methyl sites for hydroxylation is 2. The molecule has 0 aliphatic rings. The van der Waals surface area contributed by atoms with E-state index in [9.17, 15) is 19.2 Å². The van der Waals surface area contributed by atoms with Crippen molar-refractivity contribution in [2.24, 2.45) is 14.1 Å². The molecule has 0 bridgehead atoms. The lowest BCUT2D eigenvalue weighted by atomic mass is 10.1. The number of para-hydroxylation sites is 1. The number of nitrogens with zero attached hydrogens (tertiary/aromatic N) is 3. The molecule has 2 aromatic heterocycles. The van der Waals surface area contributed by atoms with E-state index in [0.29, 0.717) is 34.3 Å². The Morgan fingerprint density at radius 1 is 1.06 bits per heavy atom. The average molecular weight is 454 g/mol. The summed E-state index contributed by atoms with van der Waals surface area (Å²) >= 11 is 1.52. The molecule has 4 rings (SSSR count). The van der Waals surface area contributed by atoms with Crippen molar-refractivity contribution in [3.8, 4) is 0 Å². The first-order valence-electron chi connectivity index (χ1n) is 10.0. The highest BCUT2D eigenvalue weighted by molar-refractivity contribution is 7.98. The van der Waals surface area contributed by atoms with E-state index in [2.05, 4.69) is 10.3 Å². The third kappa shape index (κ3) is 3.66. The highest BCUT2D eigenvalue weighted by Crippen LogP contribution is 2.20. The molecule has 9 nitrogen and oxygen atoms in total. The van der Waals surface area contributed by atoms with E-state index in [-0.39, 0.29) is 5.69 Å². The fraction of sp³-hybridized carbons (Fsp3) is 0.273. The first-order valence-corrected chi connectivity index (χ1v) is 11.4. The van der Waals surface area contributed by atoms with Crippen LogP contribution in [0.5, 0.6) is 0 Å². The Hall–Kier alpha value is -3.53. The lowest BCUT2D eigenvalue weighted by Gasteiger charge is -2.19. The third-order valence-electron chi connectivity index (χ3n) is 5.59. The lowest BCUT2D eigenvalue weighted by Crippen LogP contribution is -2.43. The Morgan fingerprint density at radius 3 is 2.53 bits per heavy atom. The number of rotatable bonds is 6. The maximum Gasteiger partial charge on any atom is 0.329 e. The summed E-state index contributed by atoms with van der Waals surface area (Å²) in [6.45, 7) is 0. The molecule has 1 atom stereocenters. The van der Waals surface area contributed by atoms with E-state index in [4.69, 9.17) is 0 Å². The van der Waals surface area contributed by atoms with Crippen LogP contribution in [0.4, 0.5) is 5.69 Å². The molecule has 32 heavy (non-hydrogen) atoms. The average Bonchev–Trinajstić information content (AvgIpc) is 2.99. The third-order valence-corrected chi connectivity index (χ3v) is 6.23. The first kappa shape index (κ1) is 21.7. The van der Waals surface area contributed by atoms with Crippen LogP contribution in [-0.4, -0.2) is 36.6 Å². The van der Waals surface area contributed by atoms with Gasteiger partial charge in [0.15, 0.2) is 0 Å². The molecule has 1 amide bonds. The van der Waals surface area contributed by atoms with Crippen LogP contribution in [0, 0.1) is 0 Å². The molecule has 0 radical (unpaired) electrons.